The zero-order valence-electron chi connectivity index (χ0n) is 12.3. The summed E-state index contributed by atoms with van der Waals surface area (Å²) >= 11 is 0. The van der Waals surface area contributed by atoms with Crippen molar-refractivity contribution in [2.45, 2.75) is 44.6 Å². The van der Waals surface area contributed by atoms with Crippen LogP contribution >= 0.6 is 0 Å². The third kappa shape index (κ3) is 3.93. The Labute approximate surface area is 121 Å². The molecule has 2 aliphatic rings. The van der Waals surface area contributed by atoms with Gasteiger partial charge >= 0.3 is 0 Å². The molecular formula is C13H25N3O3S. The van der Waals surface area contributed by atoms with Crippen LogP contribution in [0.2, 0.25) is 0 Å². The van der Waals surface area contributed by atoms with Crippen molar-refractivity contribution < 1.29 is 13.2 Å². The predicted molar refractivity (Wildman–Crippen MR) is 77.3 cm³/mol. The van der Waals surface area contributed by atoms with E-state index in [1.165, 1.54) is 46.2 Å². The fourth-order valence-electron chi connectivity index (χ4n) is 3.02. The first kappa shape index (κ1) is 15.7. The molecule has 2 fully saturated rings. The van der Waals surface area contributed by atoms with E-state index in [9.17, 15) is 13.2 Å². The molecule has 0 spiro atoms. The standard InChI is InChI=1S/C13H25N3O3S/c1-15(2)20(18,19)14-12-8-13(17)16(10-12)9-11-6-4-3-5-7-11/h11-12,14H,3-10H2,1-2H3/t12-/m1/s1. The maximum absolute atomic E-state index is 12.0. The van der Waals surface area contributed by atoms with E-state index in [0.29, 0.717) is 12.5 Å². The summed E-state index contributed by atoms with van der Waals surface area (Å²) in [7, 11) is -0.487. The van der Waals surface area contributed by atoms with E-state index in [2.05, 4.69) is 4.72 Å². The summed E-state index contributed by atoms with van der Waals surface area (Å²) in [6, 6.07) is -0.293. The molecule has 1 aliphatic carbocycles. The van der Waals surface area contributed by atoms with E-state index in [0.717, 1.165) is 10.8 Å². The first-order chi connectivity index (χ1) is 9.38. The second-order valence-electron chi connectivity index (χ2n) is 6.11. The summed E-state index contributed by atoms with van der Waals surface area (Å²) < 4.78 is 27.3. The summed E-state index contributed by atoms with van der Waals surface area (Å²) in [5.41, 5.74) is 0. The minimum Gasteiger partial charge on any atom is -0.341 e. The lowest BCUT2D eigenvalue weighted by Crippen LogP contribution is -2.43. The van der Waals surface area contributed by atoms with Crippen molar-refractivity contribution in [1.82, 2.24) is 13.9 Å². The average Bonchev–Trinajstić information content (AvgIpc) is 2.70. The summed E-state index contributed by atoms with van der Waals surface area (Å²) in [5.74, 6) is 0.666. The molecule has 1 N–H and O–H groups in total. The van der Waals surface area contributed by atoms with Crippen LogP contribution in [0, 0.1) is 5.92 Å². The monoisotopic (exact) mass is 303 g/mol. The number of carbonyl (C=O) groups is 1. The van der Waals surface area contributed by atoms with Crippen LogP contribution in [-0.4, -0.2) is 56.8 Å². The minimum atomic E-state index is -3.46. The Hall–Kier alpha value is -0.660. The van der Waals surface area contributed by atoms with E-state index >= 15 is 0 Å². The van der Waals surface area contributed by atoms with Gasteiger partial charge in [-0.15, -0.1) is 0 Å². The zero-order chi connectivity index (χ0) is 14.8. The molecular weight excluding hydrogens is 278 g/mol. The van der Waals surface area contributed by atoms with Crippen LogP contribution in [0.25, 0.3) is 0 Å². The molecule has 1 saturated heterocycles. The molecule has 2 rings (SSSR count). The largest absolute Gasteiger partial charge is 0.341 e. The molecule has 6 nitrogen and oxygen atoms in total. The fraction of sp³-hybridized carbons (Fsp3) is 0.923. The second-order valence-corrected chi connectivity index (χ2v) is 8.03. The van der Waals surface area contributed by atoms with Gasteiger partial charge < -0.3 is 4.90 Å². The molecule has 1 heterocycles. The molecule has 0 aromatic heterocycles. The van der Waals surface area contributed by atoms with Gasteiger partial charge in [0.1, 0.15) is 0 Å². The Bertz CT molecular complexity index is 444. The molecule has 1 saturated carbocycles. The Balaban J connectivity index is 1.87. The topological polar surface area (TPSA) is 69.7 Å². The highest BCUT2D eigenvalue weighted by molar-refractivity contribution is 7.87. The van der Waals surface area contributed by atoms with Crippen molar-refractivity contribution >= 4 is 16.1 Å². The van der Waals surface area contributed by atoms with Gasteiger partial charge in [-0.05, 0) is 18.8 Å². The van der Waals surface area contributed by atoms with Crippen molar-refractivity contribution in [2.75, 3.05) is 27.2 Å². The number of hydrogen-bond donors (Lipinski definition) is 1. The van der Waals surface area contributed by atoms with Gasteiger partial charge in [-0.25, -0.2) is 0 Å². The maximum atomic E-state index is 12.0. The quantitative estimate of drug-likeness (QED) is 0.807. The Kier molecular flexibility index (Phi) is 5.04. The van der Waals surface area contributed by atoms with E-state index in [1.807, 2.05) is 4.90 Å². The van der Waals surface area contributed by atoms with Crippen LogP contribution in [0.1, 0.15) is 38.5 Å². The van der Waals surface area contributed by atoms with Gasteiger partial charge in [-0.1, -0.05) is 19.3 Å². The first-order valence-electron chi connectivity index (χ1n) is 7.36. The SMILES string of the molecule is CN(C)S(=O)(=O)N[C@@H]1CC(=O)N(CC2CCCCC2)C1. The van der Waals surface area contributed by atoms with Crippen LogP contribution in [0.5, 0.6) is 0 Å². The highest BCUT2D eigenvalue weighted by Crippen LogP contribution is 2.26. The van der Waals surface area contributed by atoms with Crippen molar-refractivity contribution in [2.24, 2.45) is 5.92 Å². The van der Waals surface area contributed by atoms with E-state index in [-0.39, 0.29) is 18.4 Å². The molecule has 1 atom stereocenters. The van der Waals surface area contributed by atoms with Crippen LogP contribution in [0.15, 0.2) is 0 Å². The highest BCUT2D eigenvalue weighted by atomic mass is 32.2. The highest BCUT2D eigenvalue weighted by Gasteiger charge is 2.34. The zero-order valence-corrected chi connectivity index (χ0v) is 13.2. The smallest absolute Gasteiger partial charge is 0.279 e. The maximum Gasteiger partial charge on any atom is 0.279 e. The van der Waals surface area contributed by atoms with Gasteiger partial charge in [-0.3, -0.25) is 4.79 Å². The lowest BCUT2D eigenvalue weighted by Gasteiger charge is -2.27. The van der Waals surface area contributed by atoms with Crippen LogP contribution in [0.3, 0.4) is 0 Å². The van der Waals surface area contributed by atoms with E-state index < -0.39 is 10.2 Å². The molecule has 0 radical (unpaired) electrons. The number of hydrogen-bond acceptors (Lipinski definition) is 3. The molecule has 0 aromatic rings. The third-order valence-electron chi connectivity index (χ3n) is 4.21. The summed E-state index contributed by atoms with van der Waals surface area (Å²) in [6.45, 7) is 1.29. The van der Waals surface area contributed by atoms with Gasteiger partial charge in [0, 0.05) is 39.6 Å². The summed E-state index contributed by atoms with van der Waals surface area (Å²) in [6.07, 6.45) is 6.47. The normalized spacial score (nSPS) is 25.6. The molecule has 1 amide bonds. The van der Waals surface area contributed by atoms with Crippen molar-refractivity contribution in [3.63, 3.8) is 0 Å². The minimum absolute atomic E-state index is 0.0713. The number of amides is 1. The molecule has 7 heteroatoms. The Morgan fingerprint density at radius 2 is 1.90 bits per heavy atom. The van der Waals surface area contributed by atoms with E-state index in [4.69, 9.17) is 0 Å². The van der Waals surface area contributed by atoms with Crippen LogP contribution in [0.4, 0.5) is 0 Å². The van der Waals surface area contributed by atoms with Gasteiger partial charge in [-0.2, -0.15) is 17.4 Å². The molecule has 1 aliphatic heterocycles. The molecule has 0 bridgehead atoms. The fourth-order valence-corrected chi connectivity index (χ4v) is 3.81. The number of likely N-dealkylation sites (tertiary alicyclic amines) is 1. The Morgan fingerprint density at radius 3 is 2.50 bits per heavy atom. The number of nitrogens with zero attached hydrogens (tertiary/aromatic N) is 2. The number of carbonyl (C=O) groups excluding carboxylic acids is 1. The summed E-state index contributed by atoms with van der Waals surface area (Å²) in [4.78, 5) is 13.8. The first-order valence-corrected chi connectivity index (χ1v) is 8.80. The second kappa shape index (κ2) is 6.41. The van der Waals surface area contributed by atoms with Gasteiger partial charge in [0.2, 0.25) is 5.91 Å². The molecule has 116 valence electrons. The average molecular weight is 303 g/mol. The molecule has 0 aromatic carbocycles. The summed E-state index contributed by atoms with van der Waals surface area (Å²) in [5, 5.41) is 0. The van der Waals surface area contributed by atoms with Crippen LogP contribution in [-0.2, 0) is 15.0 Å². The van der Waals surface area contributed by atoms with Gasteiger partial charge in [0.15, 0.2) is 0 Å². The van der Waals surface area contributed by atoms with Crippen molar-refractivity contribution in [3.05, 3.63) is 0 Å². The third-order valence-corrected chi connectivity index (χ3v) is 5.81. The van der Waals surface area contributed by atoms with Crippen LogP contribution < -0.4 is 4.72 Å². The van der Waals surface area contributed by atoms with Gasteiger partial charge in [0.25, 0.3) is 10.2 Å². The lowest BCUT2D eigenvalue weighted by atomic mass is 9.89. The molecule has 20 heavy (non-hydrogen) atoms. The predicted octanol–water partition coefficient (Wildman–Crippen LogP) is 0.564. The number of rotatable bonds is 5. The van der Waals surface area contributed by atoms with Gasteiger partial charge in [0.05, 0.1) is 0 Å². The lowest BCUT2D eigenvalue weighted by molar-refractivity contribution is -0.128. The van der Waals surface area contributed by atoms with E-state index in [1.54, 1.807) is 0 Å². The number of nitrogens with one attached hydrogen (secondary N) is 1. The van der Waals surface area contributed by atoms with Crippen molar-refractivity contribution in [3.8, 4) is 0 Å². The van der Waals surface area contributed by atoms with Crippen molar-refractivity contribution in [1.29, 1.82) is 0 Å². The Morgan fingerprint density at radius 1 is 1.25 bits per heavy atom. The molecule has 0 unspecified atom stereocenters.